The standard InChI is InChI=1S/C10H16N6O2/c1-3-16-7-6(8(17)14-10(16)18)15(2)9(13-7)12-5-4-11/h3-5,11H2,1-2H3,(H,12,13)(H,14,17,18). The number of hydrogen-bond acceptors (Lipinski definition) is 5. The Morgan fingerprint density at radius 1 is 1.44 bits per heavy atom. The van der Waals surface area contributed by atoms with Crippen molar-refractivity contribution in [1.82, 2.24) is 19.1 Å². The minimum absolute atomic E-state index is 0.371. The van der Waals surface area contributed by atoms with Crippen LogP contribution in [0.2, 0.25) is 0 Å². The molecule has 0 aliphatic carbocycles. The van der Waals surface area contributed by atoms with Crippen molar-refractivity contribution in [2.24, 2.45) is 12.8 Å². The predicted molar refractivity (Wildman–Crippen MR) is 68.8 cm³/mol. The Morgan fingerprint density at radius 3 is 2.78 bits per heavy atom. The fourth-order valence-electron chi connectivity index (χ4n) is 1.88. The zero-order valence-corrected chi connectivity index (χ0v) is 10.4. The van der Waals surface area contributed by atoms with Gasteiger partial charge in [-0.15, -0.1) is 0 Å². The fourth-order valence-corrected chi connectivity index (χ4v) is 1.88. The molecular formula is C10H16N6O2. The lowest BCUT2D eigenvalue weighted by Crippen LogP contribution is -2.30. The molecule has 2 heterocycles. The summed E-state index contributed by atoms with van der Waals surface area (Å²) in [4.78, 5) is 30.0. The lowest BCUT2D eigenvalue weighted by Gasteiger charge is -2.03. The van der Waals surface area contributed by atoms with Crippen LogP contribution in [-0.4, -0.2) is 32.2 Å². The maximum atomic E-state index is 11.8. The van der Waals surface area contributed by atoms with Crippen LogP contribution >= 0.6 is 0 Å². The summed E-state index contributed by atoms with van der Waals surface area (Å²) < 4.78 is 3.04. The Morgan fingerprint density at radius 2 is 2.17 bits per heavy atom. The van der Waals surface area contributed by atoms with Gasteiger partial charge in [0.15, 0.2) is 11.2 Å². The number of hydrogen-bond donors (Lipinski definition) is 3. The van der Waals surface area contributed by atoms with Gasteiger partial charge in [-0.1, -0.05) is 0 Å². The Bertz CT molecular complexity index is 680. The highest BCUT2D eigenvalue weighted by atomic mass is 16.2. The third kappa shape index (κ3) is 1.80. The van der Waals surface area contributed by atoms with Crippen molar-refractivity contribution < 1.29 is 0 Å². The minimum Gasteiger partial charge on any atom is -0.354 e. The van der Waals surface area contributed by atoms with E-state index in [1.54, 1.807) is 11.6 Å². The first-order chi connectivity index (χ1) is 8.60. The summed E-state index contributed by atoms with van der Waals surface area (Å²) >= 11 is 0. The smallest absolute Gasteiger partial charge is 0.330 e. The van der Waals surface area contributed by atoms with Crippen LogP contribution in [-0.2, 0) is 13.6 Å². The summed E-state index contributed by atoms with van der Waals surface area (Å²) in [6.07, 6.45) is 0. The van der Waals surface area contributed by atoms with Crippen molar-refractivity contribution >= 4 is 17.1 Å². The average Bonchev–Trinajstić information content (AvgIpc) is 2.65. The number of H-pyrrole nitrogens is 1. The van der Waals surface area contributed by atoms with Crippen LogP contribution in [0.4, 0.5) is 5.95 Å². The van der Waals surface area contributed by atoms with Crippen molar-refractivity contribution in [3.63, 3.8) is 0 Å². The summed E-state index contributed by atoms with van der Waals surface area (Å²) in [5, 5.41) is 3.01. The molecule has 0 radical (unpaired) electrons. The van der Waals surface area contributed by atoms with E-state index in [1.807, 2.05) is 6.92 Å². The summed E-state index contributed by atoms with van der Waals surface area (Å²) in [7, 11) is 1.72. The zero-order valence-electron chi connectivity index (χ0n) is 10.4. The molecule has 0 aliphatic rings. The van der Waals surface area contributed by atoms with Crippen LogP contribution < -0.4 is 22.3 Å². The van der Waals surface area contributed by atoms with Gasteiger partial charge in [-0.25, -0.2) is 4.79 Å². The lowest BCUT2D eigenvalue weighted by atomic mass is 10.5. The Hall–Kier alpha value is -2.09. The van der Waals surface area contributed by atoms with Crippen LogP contribution in [0.5, 0.6) is 0 Å². The number of aromatic nitrogens is 4. The van der Waals surface area contributed by atoms with Gasteiger partial charge in [-0.2, -0.15) is 4.98 Å². The fraction of sp³-hybridized carbons (Fsp3) is 0.500. The van der Waals surface area contributed by atoms with E-state index in [0.717, 1.165) is 0 Å². The molecule has 2 rings (SSSR count). The molecule has 0 bridgehead atoms. The second-order valence-electron chi connectivity index (χ2n) is 3.89. The normalized spacial score (nSPS) is 11.1. The number of rotatable bonds is 4. The van der Waals surface area contributed by atoms with Crippen molar-refractivity contribution in [3.8, 4) is 0 Å². The molecule has 0 aliphatic heterocycles. The first-order valence-electron chi connectivity index (χ1n) is 5.73. The molecule has 18 heavy (non-hydrogen) atoms. The molecule has 0 unspecified atom stereocenters. The second-order valence-corrected chi connectivity index (χ2v) is 3.89. The first kappa shape index (κ1) is 12.4. The van der Waals surface area contributed by atoms with Gasteiger partial charge in [0.05, 0.1) is 0 Å². The monoisotopic (exact) mass is 252 g/mol. The van der Waals surface area contributed by atoms with Gasteiger partial charge < -0.3 is 15.6 Å². The van der Waals surface area contributed by atoms with E-state index in [2.05, 4.69) is 15.3 Å². The average molecular weight is 252 g/mol. The molecule has 0 fully saturated rings. The van der Waals surface area contributed by atoms with E-state index < -0.39 is 11.2 Å². The first-order valence-corrected chi connectivity index (χ1v) is 5.73. The molecule has 0 amide bonds. The van der Waals surface area contributed by atoms with E-state index in [9.17, 15) is 9.59 Å². The van der Waals surface area contributed by atoms with Gasteiger partial charge in [-0.05, 0) is 6.92 Å². The van der Waals surface area contributed by atoms with Crippen LogP contribution in [0.15, 0.2) is 9.59 Å². The Balaban J connectivity index is 2.74. The molecule has 0 saturated heterocycles. The zero-order chi connectivity index (χ0) is 13.3. The number of imidazole rings is 1. The highest BCUT2D eigenvalue weighted by Gasteiger charge is 2.15. The number of nitrogens with two attached hydrogens (primary N) is 1. The number of nitrogens with zero attached hydrogens (tertiary/aromatic N) is 3. The van der Waals surface area contributed by atoms with Crippen molar-refractivity contribution in [2.45, 2.75) is 13.5 Å². The van der Waals surface area contributed by atoms with Crippen molar-refractivity contribution in [3.05, 3.63) is 20.8 Å². The summed E-state index contributed by atoms with van der Waals surface area (Å²) in [6, 6.07) is 0. The number of aryl methyl sites for hydroxylation is 2. The molecule has 2 aromatic rings. The highest BCUT2D eigenvalue weighted by Crippen LogP contribution is 2.12. The topological polar surface area (TPSA) is 111 Å². The molecule has 2 aromatic heterocycles. The molecule has 0 spiro atoms. The molecule has 0 atom stereocenters. The van der Waals surface area contributed by atoms with Gasteiger partial charge in [-0.3, -0.25) is 14.3 Å². The number of aromatic amines is 1. The maximum Gasteiger partial charge on any atom is 0.330 e. The largest absolute Gasteiger partial charge is 0.354 e. The summed E-state index contributed by atoms with van der Waals surface area (Å²) in [5.74, 6) is 0.522. The quantitative estimate of drug-likeness (QED) is 0.634. The van der Waals surface area contributed by atoms with Gasteiger partial charge in [0, 0.05) is 26.7 Å². The molecule has 0 aromatic carbocycles. The van der Waals surface area contributed by atoms with E-state index >= 15 is 0 Å². The molecule has 8 nitrogen and oxygen atoms in total. The molecular weight excluding hydrogens is 236 g/mol. The van der Waals surface area contributed by atoms with Gasteiger partial charge in [0.25, 0.3) is 5.56 Å². The molecule has 4 N–H and O–H groups in total. The number of anilines is 1. The minimum atomic E-state index is -0.446. The van der Waals surface area contributed by atoms with Crippen molar-refractivity contribution in [1.29, 1.82) is 0 Å². The summed E-state index contributed by atoms with van der Waals surface area (Å²) in [5.41, 5.74) is 5.28. The van der Waals surface area contributed by atoms with Gasteiger partial charge in [0.2, 0.25) is 5.95 Å². The Kier molecular flexibility index (Phi) is 3.19. The SMILES string of the molecule is CCn1c(=O)[nH]c(=O)c2c1nc(NCCN)n2C. The second kappa shape index (κ2) is 4.65. The van der Waals surface area contributed by atoms with Gasteiger partial charge in [0.1, 0.15) is 0 Å². The van der Waals surface area contributed by atoms with Crippen LogP contribution in [0, 0.1) is 0 Å². The third-order valence-electron chi connectivity index (χ3n) is 2.76. The summed E-state index contributed by atoms with van der Waals surface area (Å²) in [6.45, 7) is 3.27. The molecule has 0 saturated carbocycles. The van der Waals surface area contributed by atoms with Crippen LogP contribution in [0.3, 0.4) is 0 Å². The molecule has 8 heteroatoms. The van der Waals surface area contributed by atoms with Crippen LogP contribution in [0.1, 0.15) is 6.92 Å². The van der Waals surface area contributed by atoms with E-state index in [4.69, 9.17) is 5.73 Å². The predicted octanol–water partition coefficient (Wildman–Crippen LogP) is -1.19. The number of fused-ring (bicyclic) bond motifs is 1. The lowest BCUT2D eigenvalue weighted by molar-refractivity contribution is 0.719. The van der Waals surface area contributed by atoms with Crippen molar-refractivity contribution in [2.75, 3.05) is 18.4 Å². The third-order valence-corrected chi connectivity index (χ3v) is 2.76. The Labute approximate surface area is 102 Å². The highest BCUT2D eigenvalue weighted by molar-refractivity contribution is 5.73. The maximum absolute atomic E-state index is 11.8. The van der Waals surface area contributed by atoms with E-state index in [1.165, 1.54) is 4.57 Å². The van der Waals surface area contributed by atoms with Gasteiger partial charge >= 0.3 is 5.69 Å². The van der Waals surface area contributed by atoms with E-state index in [0.29, 0.717) is 36.7 Å². The molecule has 98 valence electrons. The van der Waals surface area contributed by atoms with Crippen LogP contribution in [0.25, 0.3) is 11.2 Å². The van der Waals surface area contributed by atoms with E-state index in [-0.39, 0.29) is 0 Å². The number of nitrogens with one attached hydrogen (secondary N) is 2.